The van der Waals surface area contributed by atoms with Crippen molar-refractivity contribution in [3.63, 3.8) is 0 Å². The Labute approximate surface area is 229 Å². The van der Waals surface area contributed by atoms with Crippen molar-refractivity contribution in [2.75, 3.05) is 72.5 Å². The maximum Gasteiger partial charge on any atom is 0.241 e. The van der Waals surface area contributed by atoms with Gasteiger partial charge in [-0.2, -0.15) is 0 Å². The number of likely N-dealkylation sites (N-methyl/N-ethyl adjacent to an activating group) is 1. The first-order chi connectivity index (χ1) is 18.0. The van der Waals surface area contributed by atoms with Crippen LogP contribution in [-0.2, 0) is 24.1 Å². The standard InChI is InChI=1S/C29H34N4O4.ClH/c1-31-11-13-32(14-12-31)17-25(34)33-10-9-20-21-8-6-18-5-7-19(35-2)15-22(18)27(21)30-23-16-24(36-3)29(37-4)28(33)26(20)23;/h5,7,15-16H,6,8-14,17H2,1-4H3;1H. The number of amides is 1. The third-order valence-electron chi connectivity index (χ3n) is 8.25. The van der Waals surface area contributed by atoms with Crippen LogP contribution in [0.1, 0.15) is 16.7 Å². The van der Waals surface area contributed by atoms with Crippen molar-refractivity contribution in [3.05, 3.63) is 41.0 Å². The number of benzene rings is 2. The van der Waals surface area contributed by atoms with E-state index in [1.807, 2.05) is 17.0 Å². The minimum absolute atomic E-state index is 0. The zero-order chi connectivity index (χ0) is 25.7. The summed E-state index contributed by atoms with van der Waals surface area (Å²) in [5.41, 5.74) is 7.61. The van der Waals surface area contributed by atoms with Gasteiger partial charge >= 0.3 is 0 Å². The van der Waals surface area contributed by atoms with E-state index in [0.717, 1.165) is 79.0 Å². The van der Waals surface area contributed by atoms with Gasteiger partial charge in [-0.3, -0.25) is 9.69 Å². The Kier molecular flexibility index (Phi) is 7.40. The van der Waals surface area contributed by atoms with E-state index in [1.54, 1.807) is 21.3 Å². The molecule has 3 heterocycles. The van der Waals surface area contributed by atoms with Gasteiger partial charge in [0.2, 0.25) is 5.91 Å². The average Bonchev–Trinajstić information content (AvgIpc) is 2.93. The number of hydrogen-bond donors (Lipinski definition) is 1. The van der Waals surface area contributed by atoms with Crippen LogP contribution in [0.15, 0.2) is 24.3 Å². The summed E-state index contributed by atoms with van der Waals surface area (Å²) in [6.45, 7) is 5.02. The summed E-state index contributed by atoms with van der Waals surface area (Å²) in [7, 11) is 7.19. The molecule has 1 amide bonds. The number of methoxy groups -OCH3 is 3. The molecule has 9 heteroatoms. The molecule has 0 spiro atoms. The van der Waals surface area contributed by atoms with E-state index in [9.17, 15) is 4.79 Å². The van der Waals surface area contributed by atoms with E-state index in [1.165, 1.54) is 21.6 Å². The number of ether oxygens (including phenoxy) is 3. The van der Waals surface area contributed by atoms with Crippen LogP contribution in [0.2, 0.25) is 0 Å². The van der Waals surface area contributed by atoms with Gasteiger partial charge in [0, 0.05) is 36.7 Å². The van der Waals surface area contributed by atoms with Gasteiger partial charge in [0.05, 0.1) is 64.9 Å². The van der Waals surface area contributed by atoms with Gasteiger partial charge < -0.3 is 36.4 Å². The van der Waals surface area contributed by atoms with Gasteiger partial charge in [-0.05, 0) is 48.1 Å². The highest BCUT2D eigenvalue weighted by Crippen LogP contribution is 2.49. The van der Waals surface area contributed by atoms with Gasteiger partial charge in [-0.1, -0.05) is 6.07 Å². The molecule has 0 radical (unpaired) electrons. The van der Waals surface area contributed by atoms with E-state index < -0.39 is 0 Å². The summed E-state index contributed by atoms with van der Waals surface area (Å²) >= 11 is 0. The Morgan fingerprint density at radius 3 is 2.47 bits per heavy atom. The largest absolute Gasteiger partial charge is 1.00 e. The fourth-order valence-electron chi connectivity index (χ4n) is 6.19. The van der Waals surface area contributed by atoms with Crippen LogP contribution in [0.25, 0.3) is 22.2 Å². The lowest BCUT2D eigenvalue weighted by molar-refractivity contribution is -0.884. The first kappa shape index (κ1) is 26.5. The van der Waals surface area contributed by atoms with Crippen molar-refractivity contribution in [1.29, 1.82) is 0 Å². The third kappa shape index (κ3) is 4.34. The molecule has 38 heavy (non-hydrogen) atoms. The molecule has 2 aromatic carbocycles. The lowest BCUT2D eigenvalue weighted by Crippen LogP contribution is -3.12. The topological polar surface area (TPSA) is 68.6 Å². The molecule has 1 aliphatic carbocycles. The van der Waals surface area contributed by atoms with Crippen LogP contribution >= 0.6 is 0 Å². The lowest BCUT2D eigenvalue weighted by atomic mass is 9.83. The number of rotatable bonds is 5. The fraction of sp³-hybridized carbons (Fsp3) is 0.448. The summed E-state index contributed by atoms with van der Waals surface area (Å²) in [5.74, 6) is 2.13. The Balaban J connectivity index is 0.00000294. The number of hydrogen-bond acceptors (Lipinski definition) is 6. The summed E-state index contributed by atoms with van der Waals surface area (Å²) < 4.78 is 17.2. The molecule has 202 valence electrons. The normalized spacial score (nSPS) is 16.9. The van der Waals surface area contributed by atoms with E-state index in [-0.39, 0.29) is 18.3 Å². The van der Waals surface area contributed by atoms with Crippen LogP contribution in [0.5, 0.6) is 17.2 Å². The molecule has 0 atom stereocenters. The van der Waals surface area contributed by atoms with Crippen LogP contribution in [0, 0.1) is 0 Å². The number of aryl methyl sites for hydroxylation is 1. The number of halogens is 1. The Morgan fingerprint density at radius 2 is 1.76 bits per heavy atom. The number of carbonyl (C=O) groups is 1. The highest BCUT2D eigenvalue weighted by molar-refractivity contribution is 6.10. The van der Waals surface area contributed by atoms with Gasteiger partial charge in [-0.25, -0.2) is 4.98 Å². The zero-order valence-corrected chi connectivity index (χ0v) is 23.3. The fourth-order valence-corrected chi connectivity index (χ4v) is 6.19. The number of fused-ring (bicyclic) bond motifs is 4. The van der Waals surface area contributed by atoms with Crippen molar-refractivity contribution in [1.82, 2.24) is 9.88 Å². The molecule has 0 unspecified atom stereocenters. The molecule has 8 nitrogen and oxygen atoms in total. The first-order valence-corrected chi connectivity index (χ1v) is 13.1. The molecule has 1 N–H and O–H groups in total. The Bertz CT molecular complexity index is 1390. The summed E-state index contributed by atoms with van der Waals surface area (Å²) in [5, 5.41) is 1.02. The molecule has 0 saturated carbocycles. The number of piperazine rings is 1. The third-order valence-corrected chi connectivity index (χ3v) is 8.25. The van der Waals surface area contributed by atoms with E-state index in [2.05, 4.69) is 24.1 Å². The monoisotopic (exact) mass is 538 g/mol. The van der Waals surface area contributed by atoms with Crippen molar-refractivity contribution in [2.45, 2.75) is 19.3 Å². The number of nitrogens with one attached hydrogen (secondary N) is 1. The number of carbonyl (C=O) groups excluding carboxylic acids is 1. The lowest BCUT2D eigenvalue weighted by Gasteiger charge is -2.36. The minimum Gasteiger partial charge on any atom is -1.00 e. The smallest absolute Gasteiger partial charge is 0.241 e. The van der Waals surface area contributed by atoms with Crippen LogP contribution < -0.4 is 36.4 Å². The summed E-state index contributed by atoms with van der Waals surface area (Å²) in [4.78, 5) is 24.6. The zero-order valence-electron chi connectivity index (χ0n) is 22.5. The predicted octanol–water partition coefficient (Wildman–Crippen LogP) is -1.25. The highest BCUT2D eigenvalue weighted by Gasteiger charge is 2.34. The van der Waals surface area contributed by atoms with E-state index in [4.69, 9.17) is 19.2 Å². The molecule has 1 aromatic heterocycles. The molecule has 1 saturated heterocycles. The maximum atomic E-state index is 13.7. The van der Waals surface area contributed by atoms with Crippen molar-refractivity contribution >= 4 is 22.5 Å². The highest BCUT2D eigenvalue weighted by atomic mass is 35.5. The van der Waals surface area contributed by atoms with Crippen LogP contribution in [0.3, 0.4) is 0 Å². The quantitative estimate of drug-likeness (QED) is 0.438. The number of quaternary nitrogens is 1. The average molecular weight is 539 g/mol. The number of pyridine rings is 1. The number of aromatic nitrogens is 1. The molecule has 6 rings (SSSR count). The van der Waals surface area contributed by atoms with E-state index >= 15 is 0 Å². The second kappa shape index (κ2) is 10.6. The first-order valence-electron chi connectivity index (χ1n) is 13.1. The molecule has 3 aliphatic rings. The predicted molar refractivity (Wildman–Crippen MR) is 143 cm³/mol. The Morgan fingerprint density at radius 1 is 0.974 bits per heavy atom. The van der Waals surface area contributed by atoms with Crippen molar-refractivity contribution in [2.24, 2.45) is 0 Å². The van der Waals surface area contributed by atoms with Gasteiger partial charge in [0.15, 0.2) is 11.5 Å². The van der Waals surface area contributed by atoms with Crippen LogP contribution in [-0.4, -0.2) is 83.4 Å². The van der Waals surface area contributed by atoms with E-state index in [0.29, 0.717) is 24.6 Å². The van der Waals surface area contributed by atoms with Crippen molar-refractivity contribution < 1.29 is 36.3 Å². The second-order valence-electron chi connectivity index (χ2n) is 10.3. The van der Waals surface area contributed by atoms with Crippen molar-refractivity contribution in [3.8, 4) is 28.5 Å². The van der Waals surface area contributed by atoms with Gasteiger partial charge in [-0.15, -0.1) is 0 Å². The number of anilines is 1. The second-order valence-corrected chi connectivity index (χ2v) is 10.3. The Hall–Kier alpha value is -3.07. The van der Waals surface area contributed by atoms with Gasteiger partial charge in [0.25, 0.3) is 0 Å². The molecule has 0 bridgehead atoms. The molecular weight excluding hydrogens is 504 g/mol. The van der Waals surface area contributed by atoms with Crippen LogP contribution in [0.4, 0.5) is 5.69 Å². The molecule has 1 fully saturated rings. The molecule has 3 aromatic rings. The van der Waals surface area contributed by atoms with Gasteiger partial charge in [0.1, 0.15) is 5.75 Å². The molecule has 2 aliphatic heterocycles. The SMILES string of the molecule is COc1ccc2c(c1)-c1nc3cc(OC)c(OC)c4c3c(c1CC2)CCN4C(=O)CN1CC[NH+](C)CC1.[Cl-]. The summed E-state index contributed by atoms with van der Waals surface area (Å²) in [6, 6.07) is 8.21. The minimum atomic E-state index is 0. The summed E-state index contributed by atoms with van der Waals surface area (Å²) in [6.07, 6.45) is 2.68. The maximum absolute atomic E-state index is 13.7. The molecular formula is C29H35ClN4O4. The number of nitrogens with zero attached hydrogens (tertiary/aromatic N) is 3.